The first-order valence-corrected chi connectivity index (χ1v) is 5.07. The van der Waals surface area contributed by atoms with E-state index in [0.717, 1.165) is 11.3 Å². The van der Waals surface area contributed by atoms with Crippen molar-refractivity contribution in [1.29, 1.82) is 0 Å². The van der Waals surface area contributed by atoms with Gasteiger partial charge < -0.3 is 10.0 Å². The summed E-state index contributed by atoms with van der Waals surface area (Å²) in [5.41, 5.74) is 2.07. The van der Waals surface area contributed by atoms with Gasteiger partial charge in [-0.1, -0.05) is 11.6 Å². The van der Waals surface area contributed by atoms with Gasteiger partial charge in [0.05, 0.1) is 6.42 Å². The number of hydrogen-bond donors (Lipinski definition) is 1. The van der Waals surface area contributed by atoms with Gasteiger partial charge in [0.15, 0.2) is 0 Å². The second-order valence-corrected chi connectivity index (χ2v) is 3.93. The molecule has 82 valence electrons. The molecule has 1 rings (SSSR count). The molecule has 1 N–H and O–H groups in total. The smallest absolute Gasteiger partial charge is 0.305 e. The summed E-state index contributed by atoms with van der Waals surface area (Å²) in [6.07, 6.45) is 0.137. The average molecular weight is 228 g/mol. The molecule has 1 aromatic rings. The molecule has 3 nitrogen and oxygen atoms in total. The molecule has 0 aliphatic carbocycles. The number of aliphatic carboxylic acids is 1. The van der Waals surface area contributed by atoms with Gasteiger partial charge in [-0.2, -0.15) is 0 Å². The summed E-state index contributed by atoms with van der Waals surface area (Å²) in [4.78, 5) is 12.3. The fourth-order valence-electron chi connectivity index (χ4n) is 1.43. The minimum absolute atomic E-state index is 0.137. The molecule has 15 heavy (non-hydrogen) atoms. The highest BCUT2D eigenvalue weighted by Crippen LogP contribution is 2.22. The zero-order valence-electron chi connectivity index (χ0n) is 8.83. The van der Waals surface area contributed by atoms with Crippen molar-refractivity contribution in [3.05, 3.63) is 28.8 Å². The molecule has 0 aromatic heterocycles. The maximum absolute atomic E-state index is 10.4. The third kappa shape index (κ3) is 3.44. The van der Waals surface area contributed by atoms with E-state index in [0.29, 0.717) is 11.6 Å². The summed E-state index contributed by atoms with van der Waals surface area (Å²) in [6.45, 7) is 2.45. The van der Waals surface area contributed by atoms with Gasteiger partial charge in [-0.15, -0.1) is 0 Å². The highest BCUT2D eigenvalue weighted by molar-refractivity contribution is 6.30. The lowest BCUT2D eigenvalue weighted by atomic mass is 10.2. The largest absolute Gasteiger partial charge is 0.481 e. The summed E-state index contributed by atoms with van der Waals surface area (Å²) in [6, 6.07) is 5.58. The van der Waals surface area contributed by atoms with Crippen molar-refractivity contribution in [2.75, 3.05) is 18.5 Å². The number of anilines is 1. The summed E-state index contributed by atoms with van der Waals surface area (Å²) in [5.74, 6) is -0.784. The van der Waals surface area contributed by atoms with Crippen LogP contribution in [0.3, 0.4) is 0 Å². The van der Waals surface area contributed by atoms with Crippen molar-refractivity contribution in [1.82, 2.24) is 0 Å². The number of carboxylic acids is 1. The number of halogens is 1. The summed E-state index contributed by atoms with van der Waals surface area (Å²) < 4.78 is 0. The minimum Gasteiger partial charge on any atom is -0.481 e. The number of benzene rings is 1. The molecule has 0 radical (unpaired) electrons. The Morgan fingerprint density at radius 1 is 1.53 bits per heavy atom. The van der Waals surface area contributed by atoms with Gasteiger partial charge in [0, 0.05) is 24.3 Å². The van der Waals surface area contributed by atoms with Crippen LogP contribution in [0.15, 0.2) is 18.2 Å². The van der Waals surface area contributed by atoms with E-state index in [9.17, 15) is 4.79 Å². The van der Waals surface area contributed by atoms with E-state index in [1.165, 1.54) is 0 Å². The fourth-order valence-corrected chi connectivity index (χ4v) is 1.66. The topological polar surface area (TPSA) is 40.5 Å². The molecular formula is C11H14ClNO2. The number of rotatable bonds is 4. The first-order valence-electron chi connectivity index (χ1n) is 4.70. The van der Waals surface area contributed by atoms with Crippen LogP contribution in [0.5, 0.6) is 0 Å². The van der Waals surface area contributed by atoms with Crippen molar-refractivity contribution < 1.29 is 9.90 Å². The number of aryl methyl sites for hydroxylation is 1. The van der Waals surface area contributed by atoms with Gasteiger partial charge in [0.25, 0.3) is 0 Å². The molecule has 0 heterocycles. The normalized spacial score (nSPS) is 10.1. The van der Waals surface area contributed by atoms with Crippen LogP contribution in [-0.4, -0.2) is 24.7 Å². The number of hydrogen-bond acceptors (Lipinski definition) is 2. The van der Waals surface area contributed by atoms with E-state index in [-0.39, 0.29) is 6.42 Å². The van der Waals surface area contributed by atoms with Crippen molar-refractivity contribution in [3.63, 3.8) is 0 Å². The van der Waals surface area contributed by atoms with Crippen LogP contribution in [-0.2, 0) is 4.79 Å². The van der Waals surface area contributed by atoms with E-state index in [4.69, 9.17) is 16.7 Å². The first-order chi connectivity index (χ1) is 7.00. The predicted molar refractivity (Wildman–Crippen MR) is 61.7 cm³/mol. The molecule has 0 fully saturated rings. The lowest BCUT2D eigenvalue weighted by Gasteiger charge is -2.20. The van der Waals surface area contributed by atoms with Crippen molar-refractivity contribution in [3.8, 4) is 0 Å². The zero-order chi connectivity index (χ0) is 11.4. The van der Waals surface area contributed by atoms with Gasteiger partial charge >= 0.3 is 5.97 Å². The molecule has 1 aromatic carbocycles. The second-order valence-electron chi connectivity index (χ2n) is 3.50. The summed E-state index contributed by atoms with van der Waals surface area (Å²) >= 11 is 5.84. The van der Waals surface area contributed by atoms with Crippen molar-refractivity contribution in [2.24, 2.45) is 0 Å². The minimum atomic E-state index is -0.784. The molecule has 0 unspecified atom stereocenters. The summed E-state index contributed by atoms with van der Waals surface area (Å²) in [5, 5.41) is 9.27. The molecule has 0 atom stereocenters. The fraction of sp³-hybridized carbons (Fsp3) is 0.364. The first kappa shape index (κ1) is 11.9. The van der Waals surface area contributed by atoms with Gasteiger partial charge in [0.2, 0.25) is 0 Å². The molecule has 0 bridgehead atoms. The van der Waals surface area contributed by atoms with Crippen LogP contribution in [0.1, 0.15) is 12.0 Å². The third-order valence-corrected chi connectivity index (χ3v) is 2.47. The van der Waals surface area contributed by atoms with Crippen LogP contribution < -0.4 is 4.90 Å². The predicted octanol–water partition coefficient (Wildman–Crippen LogP) is 2.56. The Morgan fingerprint density at radius 2 is 2.20 bits per heavy atom. The van der Waals surface area contributed by atoms with Crippen LogP contribution in [0.25, 0.3) is 0 Å². The Morgan fingerprint density at radius 3 is 2.73 bits per heavy atom. The van der Waals surface area contributed by atoms with Gasteiger partial charge in [-0.05, 0) is 30.7 Å². The zero-order valence-corrected chi connectivity index (χ0v) is 9.58. The van der Waals surface area contributed by atoms with E-state index >= 15 is 0 Å². The van der Waals surface area contributed by atoms with Crippen molar-refractivity contribution >= 4 is 23.3 Å². The van der Waals surface area contributed by atoms with Gasteiger partial charge in [0.1, 0.15) is 0 Å². The molecule has 0 amide bonds. The monoisotopic (exact) mass is 227 g/mol. The lowest BCUT2D eigenvalue weighted by Crippen LogP contribution is -2.21. The van der Waals surface area contributed by atoms with Gasteiger partial charge in [-0.3, -0.25) is 4.79 Å². The molecule has 0 saturated carbocycles. The van der Waals surface area contributed by atoms with Crippen LogP contribution >= 0.6 is 11.6 Å². The third-order valence-electron chi connectivity index (χ3n) is 2.23. The second kappa shape index (κ2) is 5.03. The highest BCUT2D eigenvalue weighted by Gasteiger charge is 2.06. The Bertz CT molecular complexity index is 366. The maximum Gasteiger partial charge on any atom is 0.305 e. The van der Waals surface area contributed by atoms with Gasteiger partial charge in [-0.25, -0.2) is 0 Å². The van der Waals surface area contributed by atoms with E-state index in [1.807, 2.05) is 31.0 Å². The Hall–Kier alpha value is -1.22. The molecular weight excluding hydrogens is 214 g/mol. The summed E-state index contributed by atoms with van der Waals surface area (Å²) in [7, 11) is 1.87. The van der Waals surface area contributed by atoms with E-state index in [2.05, 4.69) is 0 Å². The van der Waals surface area contributed by atoms with Crippen LogP contribution in [0.4, 0.5) is 5.69 Å². The number of carboxylic acid groups (broad SMARTS) is 1. The number of nitrogens with zero attached hydrogens (tertiary/aromatic N) is 1. The van der Waals surface area contributed by atoms with E-state index in [1.54, 1.807) is 6.07 Å². The lowest BCUT2D eigenvalue weighted by molar-refractivity contribution is -0.136. The standard InChI is InChI=1S/C11H14ClNO2/c1-8-7-9(12)3-4-10(8)13(2)6-5-11(14)15/h3-4,7H,5-6H2,1-2H3,(H,14,15). The maximum atomic E-state index is 10.4. The molecule has 0 spiro atoms. The van der Waals surface area contributed by atoms with Crippen molar-refractivity contribution in [2.45, 2.75) is 13.3 Å². The van der Waals surface area contributed by atoms with Crippen LogP contribution in [0.2, 0.25) is 5.02 Å². The van der Waals surface area contributed by atoms with Crippen LogP contribution in [0, 0.1) is 6.92 Å². The Balaban J connectivity index is 2.73. The Kier molecular flexibility index (Phi) is 3.97. The Labute approximate surface area is 94.3 Å². The molecule has 0 aliphatic heterocycles. The molecule has 4 heteroatoms. The SMILES string of the molecule is Cc1cc(Cl)ccc1N(C)CCC(=O)O. The van der Waals surface area contributed by atoms with E-state index < -0.39 is 5.97 Å². The average Bonchev–Trinajstić information content (AvgIpc) is 2.14. The quantitative estimate of drug-likeness (QED) is 0.860. The molecule has 0 saturated heterocycles. The number of carbonyl (C=O) groups is 1. The highest BCUT2D eigenvalue weighted by atomic mass is 35.5. The molecule has 0 aliphatic rings.